The number of hydrogen-bond donors (Lipinski definition) is 0. The van der Waals surface area contributed by atoms with Crippen molar-refractivity contribution in [2.24, 2.45) is 5.41 Å². The average molecular weight is 240 g/mol. The van der Waals surface area contributed by atoms with Gasteiger partial charge in [0.15, 0.2) is 0 Å². The molecule has 100 valence electrons. The van der Waals surface area contributed by atoms with Gasteiger partial charge in [0, 0.05) is 0 Å². The fraction of sp³-hybridized carbons (Fsp3) is 0.800. The topological polar surface area (TPSA) is 26.3 Å². The summed E-state index contributed by atoms with van der Waals surface area (Å²) in [7, 11) is 1.45. The van der Waals surface area contributed by atoms with Crippen molar-refractivity contribution in [2.45, 2.75) is 65.7 Å². The van der Waals surface area contributed by atoms with Crippen LogP contribution in [0.2, 0.25) is 0 Å². The molecule has 0 aromatic rings. The molecule has 0 unspecified atom stereocenters. The Hall–Kier alpha value is -0.790. The highest BCUT2D eigenvalue weighted by Crippen LogP contribution is 2.22. The van der Waals surface area contributed by atoms with E-state index < -0.39 is 5.41 Å². The van der Waals surface area contributed by atoms with Gasteiger partial charge in [0.05, 0.1) is 12.5 Å². The highest BCUT2D eigenvalue weighted by molar-refractivity contribution is 5.75. The van der Waals surface area contributed by atoms with E-state index in [-0.39, 0.29) is 5.97 Å². The fourth-order valence-corrected chi connectivity index (χ4v) is 1.72. The summed E-state index contributed by atoms with van der Waals surface area (Å²) in [6.45, 7) is 6.07. The van der Waals surface area contributed by atoms with Crippen LogP contribution in [0.15, 0.2) is 12.2 Å². The second-order valence-corrected chi connectivity index (χ2v) is 5.25. The molecular weight excluding hydrogens is 212 g/mol. The van der Waals surface area contributed by atoms with E-state index in [1.807, 2.05) is 13.8 Å². The van der Waals surface area contributed by atoms with Gasteiger partial charge in [-0.1, -0.05) is 44.8 Å². The lowest BCUT2D eigenvalue weighted by molar-refractivity contribution is -0.150. The van der Waals surface area contributed by atoms with E-state index in [2.05, 4.69) is 19.1 Å². The molecule has 0 aromatic heterocycles. The molecule has 2 heteroatoms. The van der Waals surface area contributed by atoms with E-state index in [4.69, 9.17) is 4.74 Å². The lowest BCUT2D eigenvalue weighted by atomic mass is 9.89. The minimum atomic E-state index is -0.395. The molecule has 0 rings (SSSR count). The molecule has 0 aliphatic heterocycles. The van der Waals surface area contributed by atoms with Crippen LogP contribution in [0.3, 0.4) is 0 Å². The molecule has 0 atom stereocenters. The fourth-order valence-electron chi connectivity index (χ4n) is 1.72. The second kappa shape index (κ2) is 9.26. The maximum absolute atomic E-state index is 11.4. The number of carbonyl (C=O) groups excluding carboxylic acids is 1. The summed E-state index contributed by atoms with van der Waals surface area (Å²) in [4.78, 5) is 11.4. The standard InChI is InChI=1S/C15H28O2/c1-5-6-7-8-9-10-11-12-13-15(2,3)14(16)17-4/h11-12H,5-10,13H2,1-4H3. The third kappa shape index (κ3) is 8.00. The van der Waals surface area contributed by atoms with Crippen molar-refractivity contribution < 1.29 is 9.53 Å². The van der Waals surface area contributed by atoms with Crippen LogP contribution >= 0.6 is 0 Å². The SMILES string of the molecule is CCCCCCCC=CCC(C)(C)C(=O)OC. The molecule has 0 spiro atoms. The first-order valence-corrected chi connectivity index (χ1v) is 6.78. The number of esters is 1. The largest absolute Gasteiger partial charge is 0.469 e. The zero-order chi connectivity index (χ0) is 13.1. The van der Waals surface area contributed by atoms with Crippen molar-refractivity contribution in [3.8, 4) is 0 Å². The first-order valence-electron chi connectivity index (χ1n) is 6.78. The summed E-state index contributed by atoms with van der Waals surface area (Å²) in [6, 6.07) is 0. The van der Waals surface area contributed by atoms with Gasteiger partial charge in [-0.3, -0.25) is 4.79 Å². The lowest BCUT2D eigenvalue weighted by Crippen LogP contribution is -2.24. The molecule has 0 radical (unpaired) electrons. The van der Waals surface area contributed by atoms with Crippen molar-refractivity contribution in [3.05, 3.63) is 12.2 Å². The van der Waals surface area contributed by atoms with E-state index in [0.29, 0.717) is 0 Å². The van der Waals surface area contributed by atoms with E-state index in [0.717, 1.165) is 12.8 Å². The molecular formula is C15H28O2. The molecule has 0 heterocycles. The predicted octanol–water partition coefficient (Wildman–Crippen LogP) is 4.49. The van der Waals surface area contributed by atoms with Crippen LogP contribution in [0.25, 0.3) is 0 Å². The molecule has 0 aliphatic rings. The summed E-state index contributed by atoms with van der Waals surface area (Å²) in [5.74, 6) is -0.134. The number of methoxy groups -OCH3 is 1. The van der Waals surface area contributed by atoms with Gasteiger partial charge < -0.3 is 4.74 Å². The van der Waals surface area contributed by atoms with Crippen LogP contribution in [-0.2, 0) is 9.53 Å². The monoisotopic (exact) mass is 240 g/mol. The van der Waals surface area contributed by atoms with Gasteiger partial charge in [0.25, 0.3) is 0 Å². The Morgan fingerprint density at radius 2 is 1.76 bits per heavy atom. The van der Waals surface area contributed by atoms with Crippen LogP contribution in [0, 0.1) is 5.41 Å². The smallest absolute Gasteiger partial charge is 0.311 e. The first kappa shape index (κ1) is 16.2. The molecule has 0 bridgehead atoms. The Balaban J connectivity index is 3.63. The normalized spacial score (nSPS) is 12.0. The summed E-state index contributed by atoms with van der Waals surface area (Å²) in [5.41, 5.74) is -0.395. The van der Waals surface area contributed by atoms with E-state index in [1.165, 1.54) is 39.2 Å². The van der Waals surface area contributed by atoms with Crippen LogP contribution in [0.1, 0.15) is 65.7 Å². The van der Waals surface area contributed by atoms with Gasteiger partial charge >= 0.3 is 5.97 Å². The van der Waals surface area contributed by atoms with E-state index in [9.17, 15) is 4.79 Å². The summed E-state index contributed by atoms with van der Waals surface area (Å²) in [6.07, 6.45) is 12.7. The molecule has 17 heavy (non-hydrogen) atoms. The van der Waals surface area contributed by atoms with Crippen molar-refractivity contribution in [3.63, 3.8) is 0 Å². The zero-order valence-corrected chi connectivity index (χ0v) is 11.9. The number of ether oxygens (including phenoxy) is 1. The molecule has 0 N–H and O–H groups in total. The number of hydrogen-bond acceptors (Lipinski definition) is 2. The molecule has 0 saturated carbocycles. The van der Waals surface area contributed by atoms with Crippen LogP contribution in [-0.4, -0.2) is 13.1 Å². The van der Waals surface area contributed by atoms with E-state index in [1.54, 1.807) is 0 Å². The van der Waals surface area contributed by atoms with Gasteiger partial charge in [-0.25, -0.2) is 0 Å². The summed E-state index contributed by atoms with van der Waals surface area (Å²) >= 11 is 0. The minimum Gasteiger partial charge on any atom is -0.469 e. The Morgan fingerprint density at radius 1 is 1.12 bits per heavy atom. The molecule has 2 nitrogen and oxygen atoms in total. The third-order valence-corrected chi connectivity index (χ3v) is 3.01. The lowest BCUT2D eigenvalue weighted by Gasteiger charge is -2.18. The van der Waals surface area contributed by atoms with Gasteiger partial charge in [0.1, 0.15) is 0 Å². The molecule has 0 aliphatic carbocycles. The minimum absolute atomic E-state index is 0.134. The summed E-state index contributed by atoms with van der Waals surface area (Å²) in [5, 5.41) is 0. The average Bonchev–Trinajstić information content (AvgIpc) is 2.31. The predicted molar refractivity (Wildman–Crippen MR) is 72.9 cm³/mol. The van der Waals surface area contributed by atoms with Gasteiger partial charge in [0.2, 0.25) is 0 Å². The van der Waals surface area contributed by atoms with Gasteiger partial charge in [-0.05, 0) is 33.1 Å². The number of unbranched alkanes of at least 4 members (excludes halogenated alkanes) is 5. The van der Waals surface area contributed by atoms with Crippen molar-refractivity contribution in [1.82, 2.24) is 0 Å². The quantitative estimate of drug-likeness (QED) is 0.337. The number of rotatable bonds is 9. The van der Waals surface area contributed by atoms with Crippen molar-refractivity contribution in [1.29, 1.82) is 0 Å². The molecule has 0 aromatic carbocycles. The molecule has 0 fully saturated rings. The van der Waals surface area contributed by atoms with Gasteiger partial charge in [-0.15, -0.1) is 0 Å². The number of carbonyl (C=O) groups is 1. The van der Waals surface area contributed by atoms with Crippen LogP contribution < -0.4 is 0 Å². The highest BCUT2D eigenvalue weighted by atomic mass is 16.5. The maximum Gasteiger partial charge on any atom is 0.311 e. The van der Waals surface area contributed by atoms with Crippen molar-refractivity contribution >= 4 is 5.97 Å². The second-order valence-electron chi connectivity index (χ2n) is 5.25. The number of allylic oxidation sites excluding steroid dienone is 2. The summed E-state index contributed by atoms with van der Waals surface area (Å²) < 4.78 is 4.76. The Morgan fingerprint density at radius 3 is 2.35 bits per heavy atom. The Kier molecular flexibility index (Phi) is 8.83. The van der Waals surface area contributed by atoms with E-state index >= 15 is 0 Å². The third-order valence-electron chi connectivity index (χ3n) is 3.01. The first-order chi connectivity index (χ1) is 8.04. The Labute approximate surface area is 106 Å². The molecule has 0 amide bonds. The zero-order valence-electron chi connectivity index (χ0n) is 11.9. The van der Waals surface area contributed by atoms with Crippen LogP contribution in [0.4, 0.5) is 0 Å². The molecule has 0 saturated heterocycles. The maximum atomic E-state index is 11.4. The highest BCUT2D eigenvalue weighted by Gasteiger charge is 2.26. The van der Waals surface area contributed by atoms with Gasteiger partial charge in [-0.2, -0.15) is 0 Å². The Bertz CT molecular complexity index is 229. The van der Waals surface area contributed by atoms with Crippen molar-refractivity contribution in [2.75, 3.05) is 7.11 Å². The van der Waals surface area contributed by atoms with Crippen LogP contribution in [0.5, 0.6) is 0 Å².